The van der Waals surface area contributed by atoms with E-state index in [4.69, 9.17) is 0 Å². The van der Waals surface area contributed by atoms with Gasteiger partial charge in [0.2, 0.25) is 0 Å². The molecular formula is C11H17FN4O2. The number of hydrogen-bond donors (Lipinski definition) is 1. The normalized spacial score (nSPS) is 16.6. The Kier molecular flexibility index (Phi) is 3.51. The molecule has 0 unspecified atom stereocenters. The minimum atomic E-state index is -0.737. The fraction of sp³-hybridized carbons (Fsp3) is 0.636. The van der Waals surface area contributed by atoms with Gasteiger partial charge in [-0.15, -0.1) is 0 Å². The Balaban J connectivity index is 2.15. The molecule has 2 heterocycles. The van der Waals surface area contributed by atoms with Crippen molar-refractivity contribution >= 4 is 0 Å². The molecule has 7 heteroatoms. The van der Waals surface area contributed by atoms with E-state index in [1.807, 2.05) is 4.90 Å². The number of nitrogens with one attached hydrogen (secondary N) is 1. The Hall–Kier alpha value is -1.63. The number of rotatable bonds is 4. The zero-order chi connectivity index (χ0) is 13.3. The molecule has 0 spiro atoms. The van der Waals surface area contributed by atoms with Gasteiger partial charge in [-0.25, -0.2) is 9.18 Å². The maximum atomic E-state index is 12.6. The first-order chi connectivity index (χ1) is 8.52. The molecule has 1 aromatic rings. The molecule has 100 valence electrons. The predicted molar refractivity (Wildman–Crippen MR) is 66.3 cm³/mol. The van der Waals surface area contributed by atoms with Crippen LogP contribution in [0.25, 0.3) is 0 Å². The number of nitrogens with zero attached hydrogens (tertiary/aromatic N) is 3. The van der Waals surface area contributed by atoms with Crippen molar-refractivity contribution in [3.63, 3.8) is 0 Å². The van der Waals surface area contributed by atoms with E-state index < -0.39 is 11.9 Å². The summed E-state index contributed by atoms with van der Waals surface area (Å²) >= 11 is 0. The van der Waals surface area contributed by atoms with Crippen LogP contribution in [0.15, 0.2) is 15.8 Å². The Morgan fingerprint density at radius 2 is 2.11 bits per heavy atom. The van der Waals surface area contributed by atoms with Crippen LogP contribution in [0, 0.1) is 0 Å². The highest BCUT2D eigenvalue weighted by molar-refractivity contribution is 5.07. The van der Waals surface area contributed by atoms with Crippen LogP contribution in [-0.4, -0.2) is 47.0 Å². The van der Waals surface area contributed by atoms with Crippen molar-refractivity contribution in [1.82, 2.24) is 14.1 Å². The zero-order valence-electron chi connectivity index (χ0n) is 10.5. The van der Waals surface area contributed by atoms with Gasteiger partial charge < -0.3 is 9.99 Å². The molecule has 6 nitrogen and oxygen atoms in total. The van der Waals surface area contributed by atoms with Crippen LogP contribution in [0.1, 0.15) is 5.56 Å². The second-order valence-corrected chi connectivity index (χ2v) is 4.52. The maximum absolute atomic E-state index is 12.6. The van der Waals surface area contributed by atoms with Gasteiger partial charge in [-0.3, -0.25) is 9.69 Å². The van der Waals surface area contributed by atoms with E-state index in [0.29, 0.717) is 31.6 Å². The molecule has 1 aliphatic rings. The molecule has 0 saturated carbocycles. The molecule has 1 aliphatic heterocycles. The molecule has 2 rings (SSSR count). The number of alkyl halides is 1. The van der Waals surface area contributed by atoms with E-state index >= 15 is 0 Å². The summed E-state index contributed by atoms with van der Waals surface area (Å²) in [5, 5.41) is 0. The Morgan fingerprint density at radius 1 is 1.44 bits per heavy atom. The largest absolute Gasteiger partial charge is 0.349 e. The Morgan fingerprint density at radius 3 is 2.67 bits per heavy atom. The summed E-state index contributed by atoms with van der Waals surface area (Å²) in [6, 6.07) is 0. The molecule has 1 N–H and O–H groups in total. The van der Waals surface area contributed by atoms with Crippen LogP contribution in [0.5, 0.6) is 0 Å². The van der Waals surface area contributed by atoms with Crippen molar-refractivity contribution in [2.75, 3.05) is 32.1 Å². The minimum absolute atomic E-state index is 0.335. The van der Waals surface area contributed by atoms with E-state index in [0.717, 1.165) is 4.68 Å². The molecule has 18 heavy (non-hydrogen) atoms. The van der Waals surface area contributed by atoms with Crippen LogP contribution >= 0.6 is 0 Å². The highest BCUT2D eigenvalue weighted by Gasteiger charge is 2.25. The predicted octanol–water partition coefficient (Wildman–Crippen LogP) is -1.08. The summed E-state index contributed by atoms with van der Waals surface area (Å²) in [5.74, 6) is 0. The smallest absolute Gasteiger partial charge is 0.322 e. The van der Waals surface area contributed by atoms with Crippen molar-refractivity contribution in [1.29, 1.82) is 0 Å². The van der Waals surface area contributed by atoms with Gasteiger partial charge in [0.15, 0.2) is 0 Å². The minimum Gasteiger partial charge on any atom is -0.322 e. The zero-order valence-corrected chi connectivity index (χ0v) is 10.5. The van der Waals surface area contributed by atoms with E-state index in [9.17, 15) is 14.0 Å². The van der Waals surface area contributed by atoms with Gasteiger partial charge in [-0.2, -0.15) is 4.68 Å². The molecular weight excluding hydrogens is 239 g/mol. The van der Waals surface area contributed by atoms with Crippen LogP contribution in [-0.2, 0) is 13.5 Å². The average molecular weight is 256 g/mol. The first-order valence-corrected chi connectivity index (χ1v) is 5.88. The second kappa shape index (κ2) is 4.93. The summed E-state index contributed by atoms with van der Waals surface area (Å²) in [5.41, 5.74) is 2.38. The summed E-state index contributed by atoms with van der Waals surface area (Å²) in [6.07, 6.45) is 1.33. The molecule has 0 radical (unpaired) electrons. The number of aromatic nitrogens is 2. The van der Waals surface area contributed by atoms with Crippen molar-refractivity contribution < 1.29 is 4.39 Å². The second-order valence-electron chi connectivity index (χ2n) is 4.52. The third-order valence-corrected chi connectivity index (χ3v) is 3.15. The van der Waals surface area contributed by atoms with E-state index in [2.05, 4.69) is 5.43 Å². The molecule has 0 aliphatic carbocycles. The van der Waals surface area contributed by atoms with Gasteiger partial charge in [-0.1, -0.05) is 0 Å². The molecule has 1 saturated heterocycles. The maximum Gasteiger partial charge on any atom is 0.349 e. The topological polar surface area (TPSA) is 59.3 Å². The third-order valence-electron chi connectivity index (χ3n) is 3.15. The molecule has 0 aromatic carbocycles. The van der Waals surface area contributed by atoms with E-state index in [1.165, 1.54) is 11.6 Å². The number of likely N-dealkylation sites (tertiary alicyclic amines) is 1. The van der Waals surface area contributed by atoms with Gasteiger partial charge >= 0.3 is 5.69 Å². The highest BCUT2D eigenvalue weighted by Crippen LogP contribution is 2.10. The van der Waals surface area contributed by atoms with E-state index in [-0.39, 0.29) is 5.56 Å². The lowest BCUT2D eigenvalue weighted by Crippen LogP contribution is -2.50. The molecule has 1 aromatic heterocycles. The SMILES string of the molecule is CNn1c(=O)c(CCN2CC(F)C2)cn(C)c1=O. The van der Waals surface area contributed by atoms with Crippen molar-refractivity contribution in [3.8, 4) is 0 Å². The first-order valence-electron chi connectivity index (χ1n) is 5.88. The number of halogens is 1. The van der Waals surface area contributed by atoms with Crippen molar-refractivity contribution in [2.24, 2.45) is 7.05 Å². The van der Waals surface area contributed by atoms with Gasteiger partial charge in [0, 0.05) is 45.5 Å². The van der Waals surface area contributed by atoms with Crippen molar-refractivity contribution in [3.05, 3.63) is 32.6 Å². The van der Waals surface area contributed by atoms with Crippen LogP contribution in [0.3, 0.4) is 0 Å². The molecule has 0 amide bonds. The van der Waals surface area contributed by atoms with Gasteiger partial charge in [0.25, 0.3) is 5.56 Å². The van der Waals surface area contributed by atoms with Crippen LogP contribution in [0.2, 0.25) is 0 Å². The lowest BCUT2D eigenvalue weighted by molar-refractivity contribution is 0.0669. The third kappa shape index (κ3) is 2.31. The average Bonchev–Trinajstić information content (AvgIpc) is 2.30. The number of hydrogen-bond acceptors (Lipinski definition) is 4. The Bertz CT molecular complexity index is 545. The summed E-state index contributed by atoms with van der Waals surface area (Å²) in [4.78, 5) is 25.5. The van der Waals surface area contributed by atoms with Gasteiger partial charge in [-0.05, 0) is 6.42 Å². The van der Waals surface area contributed by atoms with Gasteiger partial charge in [0.1, 0.15) is 6.17 Å². The first kappa shape index (κ1) is 12.8. The Labute approximate surface area is 104 Å². The fourth-order valence-corrected chi connectivity index (χ4v) is 2.07. The van der Waals surface area contributed by atoms with Crippen LogP contribution < -0.4 is 16.7 Å². The number of aryl methyl sites for hydroxylation is 1. The van der Waals surface area contributed by atoms with Gasteiger partial charge in [0.05, 0.1) is 0 Å². The quantitative estimate of drug-likeness (QED) is 0.744. The standard InChI is InChI=1S/C11H17FN4O2/c1-13-16-10(17)8(5-14(2)11(16)18)3-4-15-6-9(12)7-15/h5,9,13H,3-4,6-7H2,1-2H3. The summed E-state index contributed by atoms with van der Waals surface area (Å²) in [7, 11) is 3.12. The fourth-order valence-electron chi connectivity index (χ4n) is 2.07. The summed E-state index contributed by atoms with van der Waals surface area (Å²) in [6.45, 7) is 1.51. The van der Waals surface area contributed by atoms with Crippen molar-refractivity contribution in [2.45, 2.75) is 12.6 Å². The molecule has 1 fully saturated rings. The molecule has 0 atom stereocenters. The molecule has 0 bridgehead atoms. The van der Waals surface area contributed by atoms with E-state index in [1.54, 1.807) is 13.2 Å². The lowest BCUT2D eigenvalue weighted by atomic mass is 10.1. The highest BCUT2D eigenvalue weighted by atomic mass is 19.1. The monoisotopic (exact) mass is 256 g/mol. The van der Waals surface area contributed by atoms with Crippen LogP contribution in [0.4, 0.5) is 4.39 Å². The summed E-state index contributed by atoms with van der Waals surface area (Å²) < 4.78 is 15.0. The lowest BCUT2D eigenvalue weighted by Gasteiger charge is -2.34.